The number of aryl methyl sites for hydroxylation is 2. The third kappa shape index (κ3) is 4.17. The Hall–Kier alpha value is -1.15. The second kappa shape index (κ2) is 6.33. The first-order chi connectivity index (χ1) is 9.04. The van der Waals surface area contributed by atoms with E-state index in [9.17, 15) is 4.79 Å². The molecule has 2 nitrogen and oxygen atoms in total. The van der Waals surface area contributed by atoms with Crippen molar-refractivity contribution in [1.29, 1.82) is 0 Å². The van der Waals surface area contributed by atoms with Crippen molar-refractivity contribution in [2.75, 3.05) is 20.1 Å². The van der Waals surface area contributed by atoms with E-state index in [1.54, 1.807) is 0 Å². The van der Waals surface area contributed by atoms with Gasteiger partial charge >= 0.3 is 0 Å². The number of ketones is 1. The van der Waals surface area contributed by atoms with Crippen molar-refractivity contribution in [3.63, 3.8) is 0 Å². The molecule has 0 amide bonds. The Morgan fingerprint density at radius 1 is 1.21 bits per heavy atom. The molecule has 19 heavy (non-hydrogen) atoms. The molecule has 1 saturated carbocycles. The van der Waals surface area contributed by atoms with Crippen molar-refractivity contribution in [3.8, 4) is 0 Å². The van der Waals surface area contributed by atoms with Gasteiger partial charge in [0.2, 0.25) is 0 Å². The van der Waals surface area contributed by atoms with Crippen LogP contribution in [-0.4, -0.2) is 30.8 Å². The molecule has 0 atom stereocenters. The molecule has 0 aromatic heterocycles. The van der Waals surface area contributed by atoms with Crippen LogP contribution >= 0.6 is 0 Å². The lowest BCUT2D eigenvalue weighted by molar-refractivity contribution is 0.0961. The van der Waals surface area contributed by atoms with Gasteiger partial charge in [0.1, 0.15) is 0 Å². The highest BCUT2D eigenvalue weighted by molar-refractivity contribution is 5.96. The number of nitrogens with zero attached hydrogens (tertiary/aromatic N) is 1. The Morgan fingerprint density at radius 3 is 2.37 bits per heavy atom. The van der Waals surface area contributed by atoms with E-state index in [1.165, 1.54) is 30.4 Å². The monoisotopic (exact) mass is 259 g/mol. The molecule has 0 heterocycles. The van der Waals surface area contributed by atoms with E-state index in [0.717, 1.165) is 24.6 Å². The predicted octanol–water partition coefficient (Wildman–Crippen LogP) is 3.61. The van der Waals surface area contributed by atoms with Gasteiger partial charge in [-0.05, 0) is 51.8 Å². The van der Waals surface area contributed by atoms with Gasteiger partial charge in [-0.1, -0.05) is 23.6 Å². The summed E-state index contributed by atoms with van der Waals surface area (Å²) in [4.78, 5) is 14.5. The number of carbonyl (C=O) groups excluding carboxylic acids is 1. The summed E-state index contributed by atoms with van der Waals surface area (Å²) in [5, 5.41) is 0. The molecule has 104 valence electrons. The average molecular weight is 259 g/mol. The maximum atomic E-state index is 12.2. The first-order valence-corrected chi connectivity index (χ1v) is 7.34. The van der Waals surface area contributed by atoms with Gasteiger partial charge < -0.3 is 4.90 Å². The number of rotatable bonds is 6. The number of hydrogen-bond acceptors (Lipinski definition) is 2. The van der Waals surface area contributed by atoms with Crippen molar-refractivity contribution < 1.29 is 4.79 Å². The smallest absolute Gasteiger partial charge is 0.164 e. The summed E-state index contributed by atoms with van der Waals surface area (Å²) < 4.78 is 0. The van der Waals surface area contributed by atoms with E-state index in [0.29, 0.717) is 6.42 Å². The molecule has 2 heteroatoms. The van der Waals surface area contributed by atoms with Gasteiger partial charge in [0.15, 0.2) is 5.78 Å². The fourth-order valence-electron chi connectivity index (χ4n) is 2.78. The second-order valence-electron chi connectivity index (χ2n) is 6.11. The molecule has 0 saturated heterocycles. The summed E-state index contributed by atoms with van der Waals surface area (Å²) in [5.74, 6) is 1.15. The first kappa shape index (κ1) is 14.3. The maximum absolute atomic E-state index is 12.2. The molecule has 1 fully saturated rings. The van der Waals surface area contributed by atoms with Crippen LogP contribution in [0, 0.1) is 19.8 Å². The summed E-state index contributed by atoms with van der Waals surface area (Å²) in [5.41, 5.74) is 3.21. The Kier molecular flexibility index (Phi) is 4.76. The Labute approximate surface area is 116 Å². The predicted molar refractivity (Wildman–Crippen MR) is 79.7 cm³/mol. The molecule has 2 rings (SSSR count). The molecule has 1 aliphatic rings. The number of Topliss-reactive ketones (excluding diaryl/α,β-unsaturated/α-hetero) is 1. The molecular weight excluding hydrogens is 234 g/mol. The fraction of sp³-hybridized carbons (Fsp3) is 0.588. The highest BCUT2D eigenvalue weighted by Gasteiger charge is 2.19. The van der Waals surface area contributed by atoms with E-state index < -0.39 is 0 Å². The molecule has 0 spiro atoms. The standard InChI is InChI=1S/C17H25NO/c1-13-9-14(2)11-16(10-13)17(19)7-8-18(3)12-15-5-4-6-15/h9-11,15H,4-8,12H2,1-3H3. The average Bonchev–Trinajstić information content (AvgIpc) is 2.29. The molecule has 1 aromatic rings. The zero-order valence-electron chi connectivity index (χ0n) is 12.4. The summed E-state index contributed by atoms with van der Waals surface area (Å²) >= 11 is 0. The summed E-state index contributed by atoms with van der Waals surface area (Å²) in [6.07, 6.45) is 4.76. The Bertz CT molecular complexity index is 428. The second-order valence-corrected chi connectivity index (χ2v) is 6.11. The fourth-order valence-corrected chi connectivity index (χ4v) is 2.78. The minimum absolute atomic E-state index is 0.271. The maximum Gasteiger partial charge on any atom is 0.164 e. The number of carbonyl (C=O) groups is 1. The van der Waals surface area contributed by atoms with Gasteiger partial charge in [0.25, 0.3) is 0 Å². The molecule has 0 unspecified atom stereocenters. The van der Waals surface area contributed by atoms with Crippen LogP contribution in [0.15, 0.2) is 18.2 Å². The lowest BCUT2D eigenvalue weighted by Gasteiger charge is -2.30. The van der Waals surface area contributed by atoms with Crippen LogP contribution in [-0.2, 0) is 0 Å². The third-order valence-electron chi connectivity index (χ3n) is 4.06. The summed E-state index contributed by atoms with van der Waals surface area (Å²) in [7, 11) is 2.13. The van der Waals surface area contributed by atoms with Gasteiger partial charge in [0, 0.05) is 25.1 Å². The van der Waals surface area contributed by atoms with Crippen LogP contribution in [0.25, 0.3) is 0 Å². The zero-order valence-corrected chi connectivity index (χ0v) is 12.4. The quantitative estimate of drug-likeness (QED) is 0.727. The molecule has 1 aliphatic carbocycles. The van der Waals surface area contributed by atoms with Crippen LogP contribution in [0.4, 0.5) is 0 Å². The third-order valence-corrected chi connectivity index (χ3v) is 4.06. The van der Waals surface area contributed by atoms with Gasteiger partial charge in [-0.2, -0.15) is 0 Å². The van der Waals surface area contributed by atoms with E-state index >= 15 is 0 Å². The van der Waals surface area contributed by atoms with Crippen molar-refractivity contribution in [3.05, 3.63) is 34.9 Å². The van der Waals surface area contributed by atoms with Crippen LogP contribution in [0.3, 0.4) is 0 Å². The zero-order chi connectivity index (χ0) is 13.8. The lowest BCUT2D eigenvalue weighted by atomic mass is 9.85. The van der Waals surface area contributed by atoms with Crippen LogP contribution in [0.5, 0.6) is 0 Å². The Morgan fingerprint density at radius 2 is 1.84 bits per heavy atom. The van der Waals surface area contributed by atoms with Gasteiger partial charge in [-0.3, -0.25) is 4.79 Å². The van der Waals surface area contributed by atoms with E-state index in [2.05, 4.69) is 18.0 Å². The number of benzene rings is 1. The van der Waals surface area contributed by atoms with E-state index in [1.807, 2.05) is 26.0 Å². The van der Waals surface area contributed by atoms with Crippen LogP contribution in [0.1, 0.15) is 47.2 Å². The first-order valence-electron chi connectivity index (χ1n) is 7.34. The van der Waals surface area contributed by atoms with E-state index in [4.69, 9.17) is 0 Å². The molecule has 0 bridgehead atoms. The highest BCUT2D eigenvalue weighted by atomic mass is 16.1. The van der Waals surface area contributed by atoms with Gasteiger partial charge in [-0.15, -0.1) is 0 Å². The summed E-state index contributed by atoms with van der Waals surface area (Å²) in [6.45, 7) is 6.13. The van der Waals surface area contributed by atoms with Crippen LogP contribution < -0.4 is 0 Å². The molecule has 0 radical (unpaired) electrons. The van der Waals surface area contributed by atoms with Crippen molar-refractivity contribution >= 4 is 5.78 Å². The molecule has 0 aliphatic heterocycles. The van der Waals surface area contributed by atoms with E-state index in [-0.39, 0.29) is 5.78 Å². The van der Waals surface area contributed by atoms with Gasteiger partial charge in [-0.25, -0.2) is 0 Å². The minimum Gasteiger partial charge on any atom is -0.306 e. The van der Waals surface area contributed by atoms with Crippen LogP contribution in [0.2, 0.25) is 0 Å². The highest BCUT2D eigenvalue weighted by Crippen LogP contribution is 2.26. The van der Waals surface area contributed by atoms with Crippen molar-refractivity contribution in [2.24, 2.45) is 5.92 Å². The van der Waals surface area contributed by atoms with Crippen molar-refractivity contribution in [1.82, 2.24) is 4.90 Å². The SMILES string of the molecule is Cc1cc(C)cc(C(=O)CCN(C)CC2CCC2)c1. The van der Waals surface area contributed by atoms with Gasteiger partial charge in [0.05, 0.1) is 0 Å². The Balaban J connectivity index is 1.82. The topological polar surface area (TPSA) is 20.3 Å². The summed E-state index contributed by atoms with van der Waals surface area (Å²) in [6, 6.07) is 6.11. The molecule has 1 aromatic carbocycles. The normalized spacial score (nSPS) is 15.6. The van der Waals surface area contributed by atoms with Crippen molar-refractivity contribution in [2.45, 2.75) is 39.5 Å². The lowest BCUT2D eigenvalue weighted by Crippen LogP contribution is -2.31. The number of hydrogen-bond donors (Lipinski definition) is 0. The molecule has 0 N–H and O–H groups in total. The largest absolute Gasteiger partial charge is 0.306 e. The molecular formula is C17H25NO. The minimum atomic E-state index is 0.271.